The molecular formula is C10H13NO3. The topological polar surface area (TPSA) is 83.5 Å². The second-order valence-corrected chi connectivity index (χ2v) is 3.10. The molecule has 0 fully saturated rings. The number of nitrogen functional groups attached to an aromatic ring is 1. The van der Waals surface area contributed by atoms with Crippen molar-refractivity contribution >= 4 is 11.7 Å². The van der Waals surface area contributed by atoms with E-state index in [-0.39, 0.29) is 12.2 Å². The first-order valence-corrected chi connectivity index (χ1v) is 4.39. The van der Waals surface area contributed by atoms with Crippen molar-refractivity contribution in [1.82, 2.24) is 0 Å². The second kappa shape index (κ2) is 4.50. The Morgan fingerprint density at radius 2 is 2.14 bits per heavy atom. The summed E-state index contributed by atoms with van der Waals surface area (Å²) in [5.74, 6) is -0.762. The van der Waals surface area contributed by atoms with Crippen LogP contribution in [0.25, 0.3) is 0 Å². The standard InChI is InChI=1S/C10H13NO3/c11-10-7(3-1-5-8(10)12)4-2-6-9(13)14/h1,3,5,12H,2,4,6,11H2,(H,13,14). The molecule has 0 aliphatic rings. The predicted octanol–water partition coefficient (Wildman–Crippen LogP) is 1.38. The van der Waals surface area contributed by atoms with Gasteiger partial charge < -0.3 is 15.9 Å². The second-order valence-electron chi connectivity index (χ2n) is 3.10. The molecule has 1 aromatic rings. The zero-order chi connectivity index (χ0) is 10.6. The maximum absolute atomic E-state index is 10.3. The summed E-state index contributed by atoms with van der Waals surface area (Å²) in [7, 11) is 0. The van der Waals surface area contributed by atoms with E-state index in [1.807, 2.05) is 0 Å². The van der Waals surface area contributed by atoms with Crippen LogP contribution in [0, 0.1) is 0 Å². The van der Waals surface area contributed by atoms with Gasteiger partial charge in [0.2, 0.25) is 0 Å². The number of carbonyl (C=O) groups is 1. The largest absolute Gasteiger partial charge is 0.506 e. The van der Waals surface area contributed by atoms with E-state index < -0.39 is 5.97 Å². The Morgan fingerprint density at radius 1 is 1.43 bits per heavy atom. The molecule has 0 unspecified atom stereocenters. The first-order valence-electron chi connectivity index (χ1n) is 4.39. The van der Waals surface area contributed by atoms with E-state index in [1.54, 1.807) is 12.1 Å². The van der Waals surface area contributed by atoms with Crippen molar-refractivity contribution in [2.45, 2.75) is 19.3 Å². The molecule has 0 spiro atoms. The van der Waals surface area contributed by atoms with E-state index in [9.17, 15) is 9.90 Å². The fourth-order valence-electron chi connectivity index (χ4n) is 1.25. The van der Waals surface area contributed by atoms with Gasteiger partial charge in [-0.2, -0.15) is 0 Å². The summed E-state index contributed by atoms with van der Waals surface area (Å²) in [5.41, 5.74) is 6.74. The van der Waals surface area contributed by atoms with E-state index in [2.05, 4.69) is 0 Å². The smallest absolute Gasteiger partial charge is 0.303 e. The van der Waals surface area contributed by atoms with E-state index in [1.165, 1.54) is 6.07 Å². The van der Waals surface area contributed by atoms with Crippen LogP contribution in [0.5, 0.6) is 5.75 Å². The van der Waals surface area contributed by atoms with Crippen LogP contribution in [0.4, 0.5) is 5.69 Å². The molecule has 0 aromatic heterocycles. The van der Waals surface area contributed by atoms with Gasteiger partial charge in [-0.1, -0.05) is 12.1 Å². The summed E-state index contributed by atoms with van der Waals surface area (Å²) in [4.78, 5) is 10.3. The highest BCUT2D eigenvalue weighted by atomic mass is 16.4. The number of carboxylic acids is 1. The van der Waals surface area contributed by atoms with Gasteiger partial charge in [-0.05, 0) is 24.5 Å². The van der Waals surface area contributed by atoms with Crippen molar-refractivity contribution < 1.29 is 15.0 Å². The van der Waals surface area contributed by atoms with Crippen LogP contribution in [0.3, 0.4) is 0 Å². The number of aliphatic carboxylic acids is 1. The Balaban J connectivity index is 2.59. The van der Waals surface area contributed by atoms with E-state index in [0.717, 1.165) is 5.56 Å². The molecule has 0 aliphatic carbocycles. The number of phenolic OH excluding ortho intramolecular Hbond substituents is 1. The fraction of sp³-hybridized carbons (Fsp3) is 0.300. The summed E-state index contributed by atoms with van der Waals surface area (Å²) in [6.07, 6.45) is 1.23. The van der Waals surface area contributed by atoms with Gasteiger partial charge in [0.25, 0.3) is 0 Å². The summed E-state index contributed by atoms with van der Waals surface area (Å²) < 4.78 is 0. The van der Waals surface area contributed by atoms with Crippen molar-refractivity contribution in [2.75, 3.05) is 5.73 Å². The number of nitrogens with two attached hydrogens (primary N) is 1. The number of hydrogen-bond acceptors (Lipinski definition) is 3. The Kier molecular flexibility index (Phi) is 3.34. The van der Waals surface area contributed by atoms with Crippen LogP contribution >= 0.6 is 0 Å². The molecule has 0 radical (unpaired) electrons. The van der Waals surface area contributed by atoms with Crippen molar-refractivity contribution in [3.05, 3.63) is 23.8 Å². The number of anilines is 1. The SMILES string of the molecule is Nc1c(O)cccc1CCCC(=O)O. The summed E-state index contributed by atoms with van der Waals surface area (Å²) in [5, 5.41) is 17.7. The molecule has 4 nitrogen and oxygen atoms in total. The Hall–Kier alpha value is -1.71. The average Bonchev–Trinajstić information content (AvgIpc) is 2.12. The lowest BCUT2D eigenvalue weighted by molar-refractivity contribution is -0.137. The van der Waals surface area contributed by atoms with Crippen LogP contribution in [0.2, 0.25) is 0 Å². The Labute approximate surface area is 82.0 Å². The Bertz CT molecular complexity index is 336. The molecule has 4 N–H and O–H groups in total. The molecular weight excluding hydrogens is 182 g/mol. The Morgan fingerprint density at radius 3 is 2.79 bits per heavy atom. The van der Waals surface area contributed by atoms with Gasteiger partial charge in [-0.25, -0.2) is 0 Å². The van der Waals surface area contributed by atoms with E-state index in [4.69, 9.17) is 10.8 Å². The zero-order valence-electron chi connectivity index (χ0n) is 7.73. The highest BCUT2D eigenvalue weighted by Crippen LogP contribution is 2.24. The van der Waals surface area contributed by atoms with Gasteiger partial charge in [-0.15, -0.1) is 0 Å². The summed E-state index contributed by atoms with van der Waals surface area (Å²) >= 11 is 0. The molecule has 0 atom stereocenters. The van der Waals surface area contributed by atoms with Crippen LogP contribution in [-0.2, 0) is 11.2 Å². The van der Waals surface area contributed by atoms with E-state index >= 15 is 0 Å². The maximum Gasteiger partial charge on any atom is 0.303 e. The predicted molar refractivity (Wildman–Crippen MR) is 53.1 cm³/mol. The highest BCUT2D eigenvalue weighted by Gasteiger charge is 2.04. The monoisotopic (exact) mass is 195 g/mol. The van der Waals surface area contributed by atoms with Crippen molar-refractivity contribution in [1.29, 1.82) is 0 Å². The van der Waals surface area contributed by atoms with E-state index in [0.29, 0.717) is 18.5 Å². The van der Waals surface area contributed by atoms with Crippen LogP contribution < -0.4 is 5.73 Å². The normalized spacial score (nSPS) is 10.0. The third kappa shape index (κ3) is 2.65. The van der Waals surface area contributed by atoms with Crippen LogP contribution in [0.15, 0.2) is 18.2 Å². The number of aryl methyl sites for hydroxylation is 1. The molecule has 4 heteroatoms. The van der Waals surface area contributed by atoms with Crippen molar-refractivity contribution in [3.63, 3.8) is 0 Å². The van der Waals surface area contributed by atoms with Gasteiger partial charge in [0, 0.05) is 6.42 Å². The average molecular weight is 195 g/mol. The molecule has 0 aliphatic heterocycles. The van der Waals surface area contributed by atoms with Gasteiger partial charge >= 0.3 is 5.97 Å². The highest BCUT2D eigenvalue weighted by molar-refractivity contribution is 5.66. The number of para-hydroxylation sites is 1. The van der Waals surface area contributed by atoms with Gasteiger partial charge in [0.05, 0.1) is 5.69 Å². The number of rotatable bonds is 4. The van der Waals surface area contributed by atoms with Crippen LogP contribution in [0.1, 0.15) is 18.4 Å². The summed E-state index contributed by atoms with van der Waals surface area (Å²) in [6.45, 7) is 0. The molecule has 76 valence electrons. The minimum absolute atomic E-state index is 0.0535. The molecule has 1 aromatic carbocycles. The maximum atomic E-state index is 10.3. The molecule has 0 amide bonds. The third-order valence-corrected chi connectivity index (χ3v) is 2.01. The third-order valence-electron chi connectivity index (χ3n) is 2.01. The minimum Gasteiger partial charge on any atom is -0.506 e. The summed E-state index contributed by atoms with van der Waals surface area (Å²) in [6, 6.07) is 4.99. The number of benzene rings is 1. The minimum atomic E-state index is -0.816. The quantitative estimate of drug-likeness (QED) is 0.500. The first-order chi connectivity index (χ1) is 6.61. The molecule has 0 saturated carbocycles. The number of aromatic hydroxyl groups is 1. The molecule has 0 saturated heterocycles. The van der Waals surface area contributed by atoms with Crippen LogP contribution in [-0.4, -0.2) is 16.2 Å². The number of phenols is 1. The van der Waals surface area contributed by atoms with Gasteiger partial charge in [-0.3, -0.25) is 4.79 Å². The lowest BCUT2D eigenvalue weighted by Gasteiger charge is -2.05. The number of hydrogen-bond donors (Lipinski definition) is 3. The molecule has 14 heavy (non-hydrogen) atoms. The van der Waals surface area contributed by atoms with Crippen molar-refractivity contribution in [2.24, 2.45) is 0 Å². The van der Waals surface area contributed by atoms with Gasteiger partial charge in [0.15, 0.2) is 0 Å². The fourth-order valence-corrected chi connectivity index (χ4v) is 1.25. The molecule has 0 bridgehead atoms. The molecule has 1 rings (SSSR count). The lowest BCUT2D eigenvalue weighted by atomic mass is 10.1. The number of carboxylic acid groups (broad SMARTS) is 1. The zero-order valence-corrected chi connectivity index (χ0v) is 7.73. The lowest BCUT2D eigenvalue weighted by Crippen LogP contribution is -1.98. The first kappa shape index (κ1) is 10.4. The van der Waals surface area contributed by atoms with Gasteiger partial charge in [0.1, 0.15) is 5.75 Å². The molecule has 0 heterocycles. The van der Waals surface area contributed by atoms with Crippen molar-refractivity contribution in [3.8, 4) is 5.75 Å².